The maximum atomic E-state index is 13.7. The number of piperazine rings is 1. The number of nitrogens with one attached hydrogen (secondary N) is 1. The highest BCUT2D eigenvalue weighted by Gasteiger charge is 2.51. The van der Waals surface area contributed by atoms with Crippen molar-refractivity contribution in [1.29, 1.82) is 0 Å². The fraction of sp³-hybridized carbons (Fsp3) is 0.435. The van der Waals surface area contributed by atoms with E-state index in [9.17, 15) is 13.2 Å². The average Bonchev–Trinajstić information content (AvgIpc) is 2.78. The molecule has 9 heteroatoms. The predicted molar refractivity (Wildman–Crippen MR) is 127 cm³/mol. The SMILES string of the molecule is COC1C=C(C=CC=O)C=CC1(OC(C)C)N1CCNCC1S(=O)(=O)c1ccc(Br)cc1. The Bertz CT molecular complexity index is 1000. The zero-order valence-electron chi connectivity index (χ0n) is 18.4. The topological polar surface area (TPSA) is 84.9 Å². The number of rotatable bonds is 8. The summed E-state index contributed by atoms with van der Waals surface area (Å²) in [6.45, 7) is 5.14. The minimum atomic E-state index is -3.72. The second kappa shape index (κ2) is 10.5. The highest BCUT2D eigenvalue weighted by Crippen LogP contribution is 2.37. The summed E-state index contributed by atoms with van der Waals surface area (Å²) in [6.07, 6.45) is 8.57. The smallest absolute Gasteiger partial charge is 0.195 e. The van der Waals surface area contributed by atoms with Crippen LogP contribution in [0.4, 0.5) is 0 Å². The second-order valence-corrected chi connectivity index (χ2v) is 10.9. The van der Waals surface area contributed by atoms with Crippen LogP contribution in [-0.4, -0.2) is 69.7 Å². The number of allylic oxidation sites excluding steroid dienone is 4. The first kappa shape index (κ1) is 25.0. The second-order valence-electron chi connectivity index (χ2n) is 7.92. The normalized spacial score (nSPS) is 27.1. The van der Waals surface area contributed by atoms with Gasteiger partial charge in [0.2, 0.25) is 0 Å². The highest BCUT2D eigenvalue weighted by molar-refractivity contribution is 9.10. The Balaban J connectivity index is 2.08. The van der Waals surface area contributed by atoms with Gasteiger partial charge in [-0.2, -0.15) is 0 Å². The third-order valence-electron chi connectivity index (χ3n) is 5.46. The third kappa shape index (κ3) is 5.13. The van der Waals surface area contributed by atoms with E-state index in [1.54, 1.807) is 37.5 Å². The van der Waals surface area contributed by atoms with E-state index in [2.05, 4.69) is 21.2 Å². The zero-order valence-corrected chi connectivity index (χ0v) is 20.8. The van der Waals surface area contributed by atoms with Crippen LogP contribution in [0.5, 0.6) is 0 Å². The number of methoxy groups -OCH3 is 1. The van der Waals surface area contributed by atoms with Crippen LogP contribution in [0, 0.1) is 0 Å². The molecule has 0 aromatic heterocycles. The van der Waals surface area contributed by atoms with Crippen LogP contribution in [0.1, 0.15) is 13.8 Å². The molecule has 1 N–H and O–H groups in total. The van der Waals surface area contributed by atoms with Gasteiger partial charge in [-0.15, -0.1) is 0 Å². The number of carbonyl (C=O) groups is 1. The Kier molecular flexibility index (Phi) is 8.24. The van der Waals surface area contributed by atoms with Crippen molar-refractivity contribution in [2.24, 2.45) is 0 Å². The van der Waals surface area contributed by atoms with Crippen LogP contribution in [0.25, 0.3) is 0 Å². The third-order valence-corrected chi connectivity index (χ3v) is 8.05. The monoisotopic (exact) mass is 524 g/mol. The molecule has 3 atom stereocenters. The largest absolute Gasteiger partial charge is 0.372 e. The van der Waals surface area contributed by atoms with Crippen LogP contribution in [0.2, 0.25) is 0 Å². The molecule has 1 aliphatic heterocycles. The quantitative estimate of drug-likeness (QED) is 0.413. The van der Waals surface area contributed by atoms with Crippen molar-refractivity contribution in [3.05, 3.63) is 64.7 Å². The summed E-state index contributed by atoms with van der Waals surface area (Å²) in [4.78, 5) is 12.9. The van der Waals surface area contributed by atoms with E-state index in [1.165, 1.54) is 6.08 Å². The molecule has 0 amide bonds. The summed E-state index contributed by atoms with van der Waals surface area (Å²) in [5, 5.41) is 2.35. The minimum absolute atomic E-state index is 0.191. The van der Waals surface area contributed by atoms with E-state index >= 15 is 0 Å². The van der Waals surface area contributed by atoms with Crippen molar-refractivity contribution in [2.75, 3.05) is 26.7 Å². The van der Waals surface area contributed by atoms with Gasteiger partial charge in [0.25, 0.3) is 0 Å². The number of nitrogens with zero attached hydrogens (tertiary/aromatic N) is 1. The predicted octanol–water partition coefficient (Wildman–Crippen LogP) is 2.84. The Hall–Kier alpha value is -1.62. The first-order valence-electron chi connectivity index (χ1n) is 10.4. The van der Waals surface area contributed by atoms with Crippen LogP contribution in [0.15, 0.2) is 69.6 Å². The molecule has 1 aliphatic carbocycles. The Morgan fingerprint density at radius 1 is 1.28 bits per heavy atom. The van der Waals surface area contributed by atoms with E-state index in [0.717, 1.165) is 10.0 Å². The molecular weight excluding hydrogens is 496 g/mol. The molecule has 1 aromatic rings. The lowest BCUT2D eigenvalue weighted by Gasteiger charge is -2.51. The Labute approximate surface area is 198 Å². The van der Waals surface area contributed by atoms with Crippen LogP contribution >= 0.6 is 15.9 Å². The van der Waals surface area contributed by atoms with Crippen molar-refractivity contribution in [3.63, 3.8) is 0 Å². The zero-order chi connectivity index (χ0) is 23.4. The average molecular weight is 525 g/mol. The van der Waals surface area contributed by atoms with Crippen LogP contribution in [-0.2, 0) is 24.1 Å². The van der Waals surface area contributed by atoms with Crippen molar-refractivity contribution >= 4 is 32.1 Å². The summed E-state index contributed by atoms with van der Waals surface area (Å²) in [5.41, 5.74) is -0.342. The van der Waals surface area contributed by atoms with Crippen molar-refractivity contribution in [3.8, 4) is 0 Å². The van der Waals surface area contributed by atoms with E-state index in [4.69, 9.17) is 9.47 Å². The standard InChI is InChI=1S/C23H29BrN2O5S/c1-17(2)31-23(11-10-18(5-4-14-27)15-21(23)30-3)26-13-12-25-16-22(26)32(28,29)20-8-6-19(24)7-9-20/h4-11,14-15,17,21-22,25H,12-13,16H2,1-3H3. The Morgan fingerprint density at radius 2 is 2.00 bits per heavy atom. The van der Waals surface area contributed by atoms with Gasteiger partial charge in [-0.3, -0.25) is 9.69 Å². The molecule has 1 heterocycles. The molecule has 7 nitrogen and oxygen atoms in total. The maximum Gasteiger partial charge on any atom is 0.195 e. The van der Waals surface area contributed by atoms with Gasteiger partial charge in [-0.1, -0.05) is 28.1 Å². The van der Waals surface area contributed by atoms with Gasteiger partial charge in [-0.25, -0.2) is 8.42 Å². The van der Waals surface area contributed by atoms with Gasteiger partial charge in [-0.05, 0) is 61.9 Å². The number of ether oxygens (including phenoxy) is 2. The molecule has 3 unspecified atom stereocenters. The molecule has 2 aliphatic rings. The fourth-order valence-electron chi connectivity index (χ4n) is 4.11. The molecular formula is C23H29BrN2O5S. The molecule has 1 aromatic carbocycles. The van der Waals surface area contributed by atoms with E-state index in [1.807, 2.05) is 37.0 Å². The number of hydrogen-bond acceptors (Lipinski definition) is 7. The number of halogens is 1. The van der Waals surface area contributed by atoms with E-state index in [0.29, 0.717) is 19.4 Å². The Morgan fingerprint density at radius 3 is 2.62 bits per heavy atom. The lowest BCUT2D eigenvalue weighted by molar-refractivity contribution is -0.203. The molecule has 0 bridgehead atoms. The van der Waals surface area contributed by atoms with Gasteiger partial charge in [0.1, 0.15) is 17.8 Å². The van der Waals surface area contributed by atoms with Crippen molar-refractivity contribution in [1.82, 2.24) is 10.2 Å². The first-order valence-corrected chi connectivity index (χ1v) is 12.8. The number of hydrogen-bond donors (Lipinski definition) is 1. The summed E-state index contributed by atoms with van der Waals surface area (Å²) in [7, 11) is -2.15. The molecule has 0 radical (unpaired) electrons. The highest BCUT2D eigenvalue weighted by atomic mass is 79.9. The number of sulfone groups is 1. The van der Waals surface area contributed by atoms with Crippen LogP contribution in [0.3, 0.4) is 0 Å². The molecule has 3 rings (SSSR count). The fourth-order valence-corrected chi connectivity index (χ4v) is 6.14. The lowest BCUT2D eigenvalue weighted by Crippen LogP contribution is -2.68. The molecule has 32 heavy (non-hydrogen) atoms. The lowest BCUT2D eigenvalue weighted by atomic mass is 9.93. The van der Waals surface area contributed by atoms with Gasteiger partial charge in [0.05, 0.1) is 11.0 Å². The summed E-state index contributed by atoms with van der Waals surface area (Å²) < 4.78 is 40.5. The number of benzene rings is 1. The van der Waals surface area contributed by atoms with E-state index in [-0.39, 0.29) is 17.5 Å². The van der Waals surface area contributed by atoms with Gasteiger partial charge < -0.3 is 14.8 Å². The van der Waals surface area contributed by atoms with Gasteiger partial charge in [0.15, 0.2) is 15.6 Å². The summed E-state index contributed by atoms with van der Waals surface area (Å²) >= 11 is 3.36. The van der Waals surface area contributed by atoms with Gasteiger partial charge >= 0.3 is 0 Å². The van der Waals surface area contributed by atoms with E-state index < -0.39 is 27.0 Å². The molecule has 0 spiro atoms. The summed E-state index contributed by atoms with van der Waals surface area (Å²) in [6, 6.07) is 6.66. The van der Waals surface area contributed by atoms with Crippen molar-refractivity contribution < 1.29 is 22.7 Å². The van der Waals surface area contributed by atoms with Gasteiger partial charge in [0, 0.05) is 31.2 Å². The minimum Gasteiger partial charge on any atom is -0.372 e. The maximum absolute atomic E-state index is 13.7. The number of aldehydes is 1. The molecule has 1 fully saturated rings. The molecule has 1 saturated heterocycles. The molecule has 0 saturated carbocycles. The van der Waals surface area contributed by atoms with Crippen molar-refractivity contribution in [2.45, 2.75) is 42.0 Å². The molecule has 174 valence electrons. The van der Waals surface area contributed by atoms with Crippen LogP contribution < -0.4 is 5.32 Å². The number of carbonyl (C=O) groups excluding carboxylic acids is 1. The first-order chi connectivity index (χ1) is 15.2. The summed E-state index contributed by atoms with van der Waals surface area (Å²) in [5.74, 6) is 0.